The predicted octanol–water partition coefficient (Wildman–Crippen LogP) is 3.78. The Morgan fingerprint density at radius 3 is 2.36 bits per heavy atom. The zero-order valence-electron chi connectivity index (χ0n) is 12.5. The van der Waals surface area contributed by atoms with Gasteiger partial charge in [0.1, 0.15) is 11.6 Å². The van der Waals surface area contributed by atoms with E-state index in [1.54, 1.807) is 0 Å². The van der Waals surface area contributed by atoms with Gasteiger partial charge in [0.2, 0.25) is 0 Å². The van der Waals surface area contributed by atoms with Gasteiger partial charge in [-0.05, 0) is 12.1 Å². The summed E-state index contributed by atoms with van der Waals surface area (Å²) < 4.78 is 26.5. The third-order valence-corrected chi connectivity index (χ3v) is 3.47. The second kappa shape index (κ2) is 4.76. The molecular weight excluding hydrogens is 286 g/mol. The smallest absolute Gasteiger partial charge is 0.161 e. The van der Waals surface area contributed by atoms with Crippen LogP contribution in [-0.2, 0) is 5.41 Å². The molecule has 0 saturated carbocycles. The van der Waals surface area contributed by atoms with E-state index in [1.165, 1.54) is 0 Å². The predicted molar refractivity (Wildman–Crippen MR) is 82.4 cm³/mol. The molecule has 0 bridgehead atoms. The summed E-state index contributed by atoms with van der Waals surface area (Å²) in [6, 6.07) is 5.82. The van der Waals surface area contributed by atoms with Crippen molar-refractivity contribution in [1.82, 2.24) is 15.0 Å². The summed E-state index contributed by atoms with van der Waals surface area (Å²) in [7, 11) is 0. The van der Waals surface area contributed by atoms with Crippen molar-refractivity contribution in [3.8, 4) is 11.4 Å². The molecule has 4 nitrogen and oxygen atoms in total. The highest BCUT2D eigenvalue weighted by atomic mass is 19.2. The van der Waals surface area contributed by atoms with E-state index in [1.807, 2.05) is 32.9 Å². The number of aromatic amines is 1. The maximum atomic E-state index is 13.3. The third kappa shape index (κ3) is 2.41. The molecule has 3 aromatic rings. The van der Waals surface area contributed by atoms with Crippen LogP contribution in [0.4, 0.5) is 14.6 Å². The number of imidazole rings is 1. The summed E-state index contributed by atoms with van der Waals surface area (Å²) in [5.41, 5.74) is 8.11. The van der Waals surface area contributed by atoms with Crippen molar-refractivity contribution < 1.29 is 8.78 Å². The quantitative estimate of drug-likeness (QED) is 0.718. The summed E-state index contributed by atoms with van der Waals surface area (Å²) in [6.07, 6.45) is 0. The largest absolute Gasteiger partial charge is 0.383 e. The van der Waals surface area contributed by atoms with E-state index in [-0.39, 0.29) is 5.41 Å². The molecule has 0 spiro atoms. The Kier molecular flexibility index (Phi) is 3.12. The zero-order valence-corrected chi connectivity index (χ0v) is 12.5. The van der Waals surface area contributed by atoms with E-state index >= 15 is 0 Å². The van der Waals surface area contributed by atoms with Crippen LogP contribution < -0.4 is 5.73 Å². The van der Waals surface area contributed by atoms with Crippen molar-refractivity contribution in [2.24, 2.45) is 0 Å². The van der Waals surface area contributed by atoms with Crippen LogP contribution in [0.3, 0.4) is 0 Å². The minimum absolute atomic E-state index is 0.118. The molecule has 2 heterocycles. The molecule has 0 fully saturated rings. The number of nitrogen functional groups attached to an aromatic ring is 1. The number of pyridine rings is 1. The van der Waals surface area contributed by atoms with E-state index in [0.717, 1.165) is 17.8 Å². The zero-order chi connectivity index (χ0) is 16.1. The number of fused-ring (bicyclic) bond motifs is 1. The molecule has 0 aliphatic rings. The van der Waals surface area contributed by atoms with Crippen molar-refractivity contribution in [1.29, 1.82) is 0 Å². The van der Waals surface area contributed by atoms with Gasteiger partial charge in [0.05, 0.1) is 16.6 Å². The fraction of sp³-hybridized carbons (Fsp3) is 0.250. The molecular formula is C16H16F2N4. The van der Waals surface area contributed by atoms with Crippen molar-refractivity contribution in [3.63, 3.8) is 0 Å². The van der Waals surface area contributed by atoms with Gasteiger partial charge in [-0.1, -0.05) is 20.8 Å². The van der Waals surface area contributed by atoms with Crippen LogP contribution in [0.2, 0.25) is 0 Å². The number of aromatic nitrogens is 3. The van der Waals surface area contributed by atoms with Gasteiger partial charge in [-0.25, -0.2) is 18.7 Å². The number of halogens is 2. The van der Waals surface area contributed by atoms with Gasteiger partial charge in [0, 0.05) is 23.2 Å². The molecule has 0 aliphatic heterocycles. The molecule has 2 aromatic heterocycles. The maximum absolute atomic E-state index is 13.3. The summed E-state index contributed by atoms with van der Waals surface area (Å²) in [4.78, 5) is 11.6. The first-order valence-corrected chi connectivity index (χ1v) is 6.88. The van der Waals surface area contributed by atoms with Crippen LogP contribution >= 0.6 is 0 Å². The molecule has 0 radical (unpaired) electrons. The third-order valence-electron chi connectivity index (χ3n) is 3.47. The molecule has 0 amide bonds. The lowest BCUT2D eigenvalue weighted by molar-refractivity contribution is 0.510. The lowest BCUT2D eigenvalue weighted by Crippen LogP contribution is -2.14. The number of anilines is 1. The molecule has 114 valence electrons. The van der Waals surface area contributed by atoms with E-state index in [2.05, 4.69) is 15.0 Å². The Morgan fingerprint density at radius 1 is 1.05 bits per heavy atom. The van der Waals surface area contributed by atoms with Crippen molar-refractivity contribution in [3.05, 3.63) is 41.6 Å². The van der Waals surface area contributed by atoms with E-state index in [4.69, 9.17) is 5.73 Å². The first-order chi connectivity index (χ1) is 10.3. The molecule has 3 rings (SSSR count). The molecule has 0 aliphatic carbocycles. The first kappa shape index (κ1) is 14.4. The summed E-state index contributed by atoms with van der Waals surface area (Å²) in [5.74, 6) is -1.09. The van der Waals surface area contributed by atoms with Crippen molar-refractivity contribution in [2.75, 3.05) is 5.73 Å². The van der Waals surface area contributed by atoms with Gasteiger partial charge in [-0.15, -0.1) is 0 Å². The fourth-order valence-electron chi connectivity index (χ4n) is 2.23. The van der Waals surface area contributed by atoms with Gasteiger partial charge in [-0.3, -0.25) is 0 Å². The average Bonchev–Trinajstić information content (AvgIpc) is 2.80. The van der Waals surface area contributed by atoms with E-state index in [9.17, 15) is 8.78 Å². The standard InChI is InChI=1S/C16H16F2N4/c1-16(2,3)13-5-4-8(14(19)22-13)15-20-11-6-9(17)10(18)7-12(11)21-15/h4-7H,1-3H3,(H2,19,22)(H,20,21). The molecule has 22 heavy (non-hydrogen) atoms. The number of hydrogen-bond donors (Lipinski definition) is 2. The lowest BCUT2D eigenvalue weighted by atomic mass is 9.91. The number of nitrogens with one attached hydrogen (secondary N) is 1. The molecule has 0 atom stereocenters. The Bertz CT molecular complexity index is 823. The summed E-state index contributed by atoms with van der Waals surface area (Å²) in [5, 5.41) is 0. The van der Waals surface area contributed by atoms with E-state index < -0.39 is 11.6 Å². The SMILES string of the molecule is CC(C)(C)c1ccc(-c2nc3cc(F)c(F)cc3[nH]2)c(N)n1. The van der Waals surface area contributed by atoms with Gasteiger partial charge in [-0.2, -0.15) is 0 Å². The molecule has 3 N–H and O–H groups in total. The average molecular weight is 302 g/mol. The Balaban J connectivity index is 2.11. The summed E-state index contributed by atoms with van der Waals surface area (Å²) in [6.45, 7) is 6.13. The van der Waals surface area contributed by atoms with Crippen LogP contribution in [-0.4, -0.2) is 15.0 Å². The molecule has 0 unspecified atom stereocenters. The monoisotopic (exact) mass is 302 g/mol. The van der Waals surface area contributed by atoms with Crippen molar-refractivity contribution in [2.45, 2.75) is 26.2 Å². The molecule has 6 heteroatoms. The lowest BCUT2D eigenvalue weighted by Gasteiger charge is -2.18. The molecule has 1 aromatic carbocycles. The van der Waals surface area contributed by atoms with Crippen LogP contribution in [0.15, 0.2) is 24.3 Å². The minimum Gasteiger partial charge on any atom is -0.383 e. The van der Waals surface area contributed by atoms with Gasteiger partial charge in [0.15, 0.2) is 11.6 Å². The minimum atomic E-state index is -0.931. The first-order valence-electron chi connectivity index (χ1n) is 6.88. The highest BCUT2D eigenvalue weighted by molar-refractivity contribution is 5.81. The second-order valence-corrected chi connectivity index (χ2v) is 6.25. The maximum Gasteiger partial charge on any atom is 0.161 e. The highest BCUT2D eigenvalue weighted by Crippen LogP contribution is 2.28. The number of hydrogen-bond acceptors (Lipinski definition) is 3. The number of nitrogens with two attached hydrogens (primary N) is 1. The van der Waals surface area contributed by atoms with Crippen LogP contribution in [0.1, 0.15) is 26.5 Å². The number of H-pyrrole nitrogens is 1. The number of rotatable bonds is 1. The Morgan fingerprint density at radius 2 is 1.73 bits per heavy atom. The second-order valence-electron chi connectivity index (χ2n) is 6.25. The Labute approximate surface area is 126 Å². The van der Waals surface area contributed by atoms with Crippen LogP contribution in [0, 0.1) is 11.6 Å². The van der Waals surface area contributed by atoms with Gasteiger partial charge < -0.3 is 10.7 Å². The Hall–Kier alpha value is -2.50. The van der Waals surface area contributed by atoms with Gasteiger partial charge in [0.25, 0.3) is 0 Å². The van der Waals surface area contributed by atoms with Gasteiger partial charge >= 0.3 is 0 Å². The molecule has 0 saturated heterocycles. The summed E-state index contributed by atoms with van der Waals surface area (Å²) >= 11 is 0. The number of nitrogens with zero attached hydrogens (tertiary/aromatic N) is 2. The van der Waals surface area contributed by atoms with Crippen LogP contribution in [0.5, 0.6) is 0 Å². The fourth-order valence-corrected chi connectivity index (χ4v) is 2.23. The van der Waals surface area contributed by atoms with E-state index in [0.29, 0.717) is 28.2 Å². The number of benzene rings is 1. The van der Waals surface area contributed by atoms with Crippen LogP contribution in [0.25, 0.3) is 22.4 Å². The van der Waals surface area contributed by atoms with Crippen molar-refractivity contribution >= 4 is 16.9 Å². The normalized spacial score (nSPS) is 12.0. The topological polar surface area (TPSA) is 67.6 Å². The highest BCUT2D eigenvalue weighted by Gasteiger charge is 2.18.